The van der Waals surface area contributed by atoms with Gasteiger partial charge in [-0.1, -0.05) is 12.1 Å². The van der Waals surface area contributed by atoms with Gasteiger partial charge >= 0.3 is 0 Å². The summed E-state index contributed by atoms with van der Waals surface area (Å²) in [6.07, 6.45) is 1.97. The molecule has 0 spiro atoms. The molecule has 8 heteroatoms. The molecule has 0 bridgehead atoms. The zero-order chi connectivity index (χ0) is 23.3. The van der Waals surface area contributed by atoms with Crippen molar-refractivity contribution in [2.75, 3.05) is 22.9 Å². The van der Waals surface area contributed by atoms with Crippen molar-refractivity contribution in [3.63, 3.8) is 0 Å². The summed E-state index contributed by atoms with van der Waals surface area (Å²) in [7, 11) is -3.75. The second kappa shape index (κ2) is 10.1. The quantitative estimate of drug-likeness (QED) is 0.445. The highest BCUT2D eigenvalue weighted by Gasteiger charge is 2.16. The van der Waals surface area contributed by atoms with Crippen molar-refractivity contribution in [3.8, 4) is 5.75 Å². The first-order valence-electron chi connectivity index (χ1n) is 9.95. The molecule has 3 aromatic rings. The van der Waals surface area contributed by atoms with E-state index in [0.717, 1.165) is 16.0 Å². The van der Waals surface area contributed by atoms with Crippen LogP contribution in [0.25, 0.3) is 0 Å². The Hall–Kier alpha value is -2.97. The number of hydrogen-bond donors (Lipinski definition) is 2. The van der Waals surface area contributed by atoms with Crippen LogP contribution in [-0.2, 0) is 14.8 Å². The van der Waals surface area contributed by atoms with Crippen LogP contribution < -0.4 is 14.8 Å². The van der Waals surface area contributed by atoms with Crippen molar-refractivity contribution in [2.45, 2.75) is 30.6 Å². The highest BCUT2D eigenvalue weighted by Crippen LogP contribution is 2.25. The number of rotatable bonds is 8. The van der Waals surface area contributed by atoms with E-state index in [1.165, 1.54) is 12.1 Å². The number of benzene rings is 3. The van der Waals surface area contributed by atoms with Gasteiger partial charge in [0.1, 0.15) is 5.75 Å². The molecule has 0 saturated heterocycles. The molecule has 32 heavy (non-hydrogen) atoms. The van der Waals surface area contributed by atoms with E-state index in [0.29, 0.717) is 22.7 Å². The number of anilines is 2. The van der Waals surface area contributed by atoms with Crippen LogP contribution in [0.2, 0.25) is 0 Å². The Balaban J connectivity index is 1.65. The average Bonchev–Trinajstić information content (AvgIpc) is 2.75. The number of ether oxygens (including phenoxy) is 1. The van der Waals surface area contributed by atoms with E-state index < -0.39 is 10.0 Å². The predicted molar refractivity (Wildman–Crippen MR) is 130 cm³/mol. The molecule has 0 heterocycles. The minimum Gasteiger partial charge on any atom is -0.483 e. The van der Waals surface area contributed by atoms with Gasteiger partial charge in [-0.05, 0) is 92.2 Å². The first-order valence-corrected chi connectivity index (χ1v) is 12.7. The maximum absolute atomic E-state index is 12.8. The van der Waals surface area contributed by atoms with Crippen LogP contribution in [0, 0.1) is 20.8 Å². The molecule has 3 aromatic carbocycles. The molecule has 0 aliphatic heterocycles. The molecule has 0 aliphatic rings. The summed E-state index contributed by atoms with van der Waals surface area (Å²) in [5.74, 6) is 0.152. The Labute approximate surface area is 193 Å². The first-order chi connectivity index (χ1) is 15.2. The Bertz CT molecular complexity index is 1240. The third kappa shape index (κ3) is 6.05. The lowest BCUT2D eigenvalue weighted by Crippen LogP contribution is -2.20. The van der Waals surface area contributed by atoms with Gasteiger partial charge < -0.3 is 10.1 Å². The molecule has 0 aromatic heterocycles. The lowest BCUT2D eigenvalue weighted by molar-refractivity contribution is -0.118. The largest absolute Gasteiger partial charge is 0.483 e. The van der Waals surface area contributed by atoms with E-state index in [1.807, 2.05) is 50.4 Å². The average molecular weight is 471 g/mol. The third-order valence-electron chi connectivity index (χ3n) is 4.93. The molecule has 0 saturated carbocycles. The first kappa shape index (κ1) is 23.7. The van der Waals surface area contributed by atoms with E-state index in [9.17, 15) is 13.2 Å². The Kier molecular flexibility index (Phi) is 7.48. The van der Waals surface area contributed by atoms with Crippen molar-refractivity contribution in [2.24, 2.45) is 0 Å². The van der Waals surface area contributed by atoms with Crippen molar-refractivity contribution < 1.29 is 17.9 Å². The smallest absolute Gasteiger partial charge is 0.262 e. The molecule has 0 radical (unpaired) electrons. The maximum Gasteiger partial charge on any atom is 0.262 e. The van der Waals surface area contributed by atoms with Crippen LogP contribution in [0.5, 0.6) is 5.75 Å². The van der Waals surface area contributed by atoms with Gasteiger partial charge in [-0.25, -0.2) is 8.42 Å². The number of carbonyl (C=O) groups is 1. The number of sulfonamides is 1. The van der Waals surface area contributed by atoms with Gasteiger partial charge in [-0.15, -0.1) is 11.8 Å². The van der Waals surface area contributed by atoms with Gasteiger partial charge in [-0.3, -0.25) is 9.52 Å². The number of amides is 1. The topological polar surface area (TPSA) is 84.5 Å². The van der Waals surface area contributed by atoms with E-state index in [2.05, 4.69) is 10.0 Å². The molecular formula is C24H26N2O4S2. The van der Waals surface area contributed by atoms with E-state index >= 15 is 0 Å². The van der Waals surface area contributed by atoms with Crippen molar-refractivity contribution in [1.29, 1.82) is 0 Å². The highest BCUT2D eigenvalue weighted by molar-refractivity contribution is 7.98. The Morgan fingerprint density at radius 2 is 1.69 bits per heavy atom. The standard InChI is InChI=1S/C24H26N2O4S2/c1-16-8-9-20(12-17(16)2)26-32(28,29)22-10-11-23(18(3)13-22)30-15-24(27)25-19-6-5-7-21(14-19)31-4/h5-14,26H,15H2,1-4H3,(H,25,27). The molecule has 0 unspecified atom stereocenters. The van der Waals surface area contributed by atoms with Crippen LogP contribution in [0.15, 0.2) is 70.5 Å². The van der Waals surface area contributed by atoms with Gasteiger partial charge in [0.2, 0.25) is 0 Å². The molecule has 0 atom stereocenters. The third-order valence-corrected chi connectivity index (χ3v) is 7.03. The molecule has 6 nitrogen and oxygen atoms in total. The molecule has 3 rings (SSSR count). The SMILES string of the molecule is CSc1cccc(NC(=O)COc2ccc(S(=O)(=O)Nc3ccc(C)c(C)c3)cc2C)c1. The van der Waals surface area contributed by atoms with Gasteiger partial charge in [0.25, 0.3) is 15.9 Å². The summed E-state index contributed by atoms with van der Waals surface area (Å²) < 4.78 is 33.7. The number of hydrogen-bond acceptors (Lipinski definition) is 5. The fourth-order valence-corrected chi connectivity index (χ4v) is 4.60. The summed E-state index contributed by atoms with van der Waals surface area (Å²) in [6, 6.07) is 17.5. The van der Waals surface area contributed by atoms with Gasteiger partial charge in [0.15, 0.2) is 6.61 Å². The highest BCUT2D eigenvalue weighted by atomic mass is 32.2. The van der Waals surface area contributed by atoms with Crippen molar-refractivity contribution in [1.82, 2.24) is 0 Å². The zero-order valence-corrected chi connectivity index (χ0v) is 20.1. The van der Waals surface area contributed by atoms with Crippen LogP contribution in [-0.4, -0.2) is 27.2 Å². The van der Waals surface area contributed by atoms with E-state index in [1.54, 1.807) is 36.9 Å². The molecule has 0 fully saturated rings. The maximum atomic E-state index is 12.8. The van der Waals surface area contributed by atoms with Gasteiger partial charge in [0, 0.05) is 16.3 Å². The van der Waals surface area contributed by atoms with Crippen LogP contribution in [0.4, 0.5) is 11.4 Å². The monoisotopic (exact) mass is 470 g/mol. The number of thioether (sulfide) groups is 1. The Morgan fingerprint density at radius 3 is 2.38 bits per heavy atom. The molecule has 168 valence electrons. The van der Waals surface area contributed by atoms with Gasteiger partial charge in [-0.2, -0.15) is 0 Å². The molecule has 1 amide bonds. The Morgan fingerprint density at radius 1 is 0.906 bits per heavy atom. The lowest BCUT2D eigenvalue weighted by atomic mass is 10.1. The van der Waals surface area contributed by atoms with Crippen LogP contribution >= 0.6 is 11.8 Å². The fraction of sp³-hybridized carbons (Fsp3) is 0.208. The second-order valence-corrected chi connectivity index (χ2v) is 9.96. The molecule has 0 aliphatic carbocycles. The summed E-state index contributed by atoms with van der Waals surface area (Å²) in [6.45, 7) is 5.46. The van der Waals surface area contributed by atoms with Crippen molar-refractivity contribution >= 4 is 39.1 Å². The fourth-order valence-electron chi connectivity index (χ4n) is 3.01. The number of nitrogens with one attached hydrogen (secondary N) is 2. The molecule has 2 N–H and O–H groups in total. The van der Waals surface area contributed by atoms with Crippen LogP contribution in [0.1, 0.15) is 16.7 Å². The number of aryl methyl sites for hydroxylation is 3. The summed E-state index contributed by atoms with van der Waals surface area (Å²) in [4.78, 5) is 13.4. The van der Waals surface area contributed by atoms with Crippen molar-refractivity contribution in [3.05, 3.63) is 77.4 Å². The van der Waals surface area contributed by atoms with Gasteiger partial charge in [0.05, 0.1) is 4.90 Å². The lowest BCUT2D eigenvalue weighted by Gasteiger charge is -2.13. The predicted octanol–water partition coefficient (Wildman–Crippen LogP) is 5.15. The summed E-state index contributed by atoms with van der Waals surface area (Å²) in [5, 5.41) is 2.79. The normalized spacial score (nSPS) is 11.1. The minimum absolute atomic E-state index is 0.124. The van der Waals surface area contributed by atoms with Crippen LogP contribution in [0.3, 0.4) is 0 Å². The number of carbonyl (C=O) groups excluding carboxylic acids is 1. The summed E-state index contributed by atoms with van der Waals surface area (Å²) >= 11 is 1.59. The zero-order valence-electron chi connectivity index (χ0n) is 18.4. The molecular weight excluding hydrogens is 444 g/mol. The minimum atomic E-state index is -3.75. The summed E-state index contributed by atoms with van der Waals surface area (Å²) in [5.41, 5.74) is 3.91. The van der Waals surface area contributed by atoms with E-state index in [4.69, 9.17) is 4.74 Å². The second-order valence-electron chi connectivity index (χ2n) is 7.40. The van der Waals surface area contributed by atoms with E-state index in [-0.39, 0.29) is 17.4 Å².